The van der Waals surface area contributed by atoms with Crippen molar-refractivity contribution in [2.45, 2.75) is 40.3 Å². The minimum atomic E-state index is -0.361. The summed E-state index contributed by atoms with van der Waals surface area (Å²) >= 11 is 0. The van der Waals surface area contributed by atoms with Crippen molar-refractivity contribution in [3.8, 4) is 5.75 Å². The van der Waals surface area contributed by atoms with Gasteiger partial charge in [-0.2, -0.15) is 0 Å². The predicted octanol–water partition coefficient (Wildman–Crippen LogP) is 4.88. The quantitative estimate of drug-likeness (QED) is 0.529. The van der Waals surface area contributed by atoms with Crippen molar-refractivity contribution in [1.82, 2.24) is 9.88 Å². The third-order valence-electron chi connectivity index (χ3n) is 5.52. The normalized spacial score (nSPS) is 13.8. The molecule has 0 atom stereocenters. The molecule has 168 valence electrons. The van der Waals surface area contributed by atoms with E-state index in [0.717, 1.165) is 22.4 Å². The minimum absolute atomic E-state index is 0.0433. The molecule has 0 saturated carbocycles. The molecule has 0 fully saturated rings. The van der Waals surface area contributed by atoms with E-state index in [9.17, 15) is 9.59 Å². The molecular weight excluding hydrogens is 414 g/mol. The molecule has 2 aromatic carbocycles. The van der Waals surface area contributed by atoms with Crippen LogP contribution < -0.4 is 10.1 Å². The summed E-state index contributed by atoms with van der Waals surface area (Å²) in [7, 11) is 0. The zero-order valence-corrected chi connectivity index (χ0v) is 19.3. The van der Waals surface area contributed by atoms with Gasteiger partial charge in [-0.25, -0.2) is 0 Å². The highest BCUT2D eigenvalue weighted by molar-refractivity contribution is 6.36. The maximum atomic E-state index is 13.5. The van der Waals surface area contributed by atoms with Gasteiger partial charge in [0.15, 0.2) is 0 Å². The summed E-state index contributed by atoms with van der Waals surface area (Å²) in [5.41, 5.74) is 5.07. The monoisotopic (exact) mass is 441 g/mol. The van der Waals surface area contributed by atoms with Crippen LogP contribution in [0.2, 0.25) is 0 Å². The van der Waals surface area contributed by atoms with E-state index in [4.69, 9.17) is 4.74 Å². The Morgan fingerprint density at radius 3 is 2.36 bits per heavy atom. The SMILES string of the molecule is Cc1ccc(NC2=C(c3ccc(OC(C)C)cc3)C(=O)N(Cc3cccnc3)C2=O)cc1C. The molecule has 0 radical (unpaired) electrons. The number of nitrogens with zero attached hydrogens (tertiary/aromatic N) is 2. The lowest BCUT2D eigenvalue weighted by atomic mass is 10.0. The summed E-state index contributed by atoms with van der Waals surface area (Å²) in [5, 5.41) is 3.22. The average Bonchev–Trinajstić information content (AvgIpc) is 3.01. The fraction of sp³-hybridized carbons (Fsp3) is 0.222. The van der Waals surface area contributed by atoms with Gasteiger partial charge in [0.2, 0.25) is 0 Å². The third kappa shape index (κ3) is 4.80. The van der Waals surface area contributed by atoms with Crippen LogP contribution in [0.1, 0.15) is 36.1 Å². The van der Waals surface area contributed by atoms with E-state index >= 15 is 0 Å². The van der Waals surface area contributed by atoms with Crippen molar-refractivity contribution in [3.63, 3.8) is 0 Å². The molecule has 2 amide bonds. The average molecular weight is 442 g/mol. The number of nitrogens with one attached hydrogen (secondary N) is 1. The van der Waals surface area contributed by atoms with Gasteiger partial charge in [0.1, 0.15) is 11.4 Å². The minimum Gasteiger partial charge on any atom is -0.491 e. The number of rotatable bonds is 7. The standard InChI is InChI=1S/C27H27N3O3/c1-17(2)33-23-11-8-21(9-12-23)24-25(29-22-10-7-18(3)19(4)14-22)27(32)30(26(24)31)16-20-6-5-13-28-15-20/h5-15,17,29H,16H2,1-4H3. The Bertz CT molecular complexity index is 1220. The van der Waals surface area contributed by atoms with Crippen molar-refractivity contribution >= 4 is 23.1 Å². The van der Waals surface area contributed by atoms with Crippen LogP contribution >= 0.6 is 0 Å². The Balaban J connectivity index is 1.72. The summed E-state index contributed by atoms with van der Waals surface area (Å²) in [5.74, 6) is 0.00862. The first-order valence-electron chi connectivity index (χ1n) is 10.9. The maximum Gasteiger partial charge on any atom is 0.278 e. The lowest BCUT2D eigenvalue weighted by Crippen LogP contribution is -2.32. The predicted molar refractivity (Wildman–Crippen MR) is 128 cm³/mol. The number of imide groups is 1. The fourth-order valence-electron chi connectivity index (χ4n) is 3.71. The molecule has 0 bridgehead atoms. The molecule has 6 nitrogen and oxygen atoms in total. The van der Waals surface area contributed by atoms with E-state index in [1.165, 1.54) is 4.90 Å². The Morgan fingerprint density at radius 2 is 1.73 bits per heavy atom. The molecule has 1 N–H and O–H groups in total. The van der Waals surface area contributed by atoms with Crippen molar-refractivity contribution in [1.29, 1.82) is 0 Å². The zero-order chi connectivity index (χ0) is 23.5. The second-order valence-electron chi connectivity index (χ2n) is 8.42. The fourth-order valence-corrected chi connectivity index (χ4v) is 3.71. The lowest BCUT2D eigenvalue weighted by molar-refractivity contribution is -0.137. The van der Waals surface area contributed by atoms with Gasteiger partial charge in [0.05, 0.1) is 18.2 Å². The van der Waals surface area contributed by atoms with Gasteiger partial charge >= 0.3 is 0 Å². The van der Waals surface area contributed by atoms with Crippen molar-refractivity contribution < 1.29 is 14.3 Å². The largest absolute Gasteiger partial charge is 0.491 e. The summed E-state index contributed by atoms with van der Waals surface area (Å²) < 4.78 is 5.73. The van der Waals surface area contributed by atoms with E-state index in [-0.39, 0.29) is 30.2 Å². The first kappa shape index (κ1) is 22.3. The number of hydrogen-bond donors (Lipinski definition) is 1. The number of carbonyl (C=O) groups excluding carboxylic acids is 2. The Labute approximate surface area is 193 Å². The number of anilines is 1. The molecular formula is C27H27N3O3. The zero-order valence-electron chi connectivity index (χ0n) is 19.3. The van der Waals surface area contributed by atoms with Gasteiger partial charge in [-0.3, -0.25) is 19.5 Å². The van der Waals surface area contributed by atoms with Gasteiger partial charge < -0.3 is 10.1 Å². The van der Waals surface area contributed by atoms with Crippen molar-refractivity contribution in [2.24, 2.45) is 0 Å². The van der Waals surface area contributed by atoms with Crippen LogP contribution in [0.3, 0.4) is 0 Å². The number of carbonyl (C=O) groups is 2. The van der Waals surface area contributed by atoms with Gasteiger partial charge in [0, 0.05) is 18.1 Å². The van der Waals surface area contributed by atoms with E-state index in [0.29, 0.717) is 16.9 Å². The molecule has 33 heavy (non-hydrogen) atoms. The first-order chi connectivity index (χ1) is 15.8. The van der Waals surface area contributed by atoms with E-state index in [2.05, 4.69) is 10.3 Å². The van der Waals surface area contributed by atoms with Gasteiger partial charge in [0.25, 0.3) is 11.8 Å². The molecule has 3 aromatic rings. The molecule has 1 aliphatic heterocycles. The van der Waals surface area contributed by atoms with Gasteiger partial charge in [-0.15, -0.1) is 0 Å². The van der Waals surface area contributed by atoms with E-state index in [1.54, 1.807) is 18.5 Å². The highest BCUT2D eigenvalue weighted by Gasteiger charge is 2.39. The highest BCUT2D eigenvalue weighted by Crippen LogP contribution is 2.32. The molecule has 2 heterocycles. The molecule has 1 aromatic heterocycles. The molecule has 0 spiro atoms. The second-order valence-corrected chi connectivity index (χ2v) is 8.42. The lowest BCUT2D eigenvalue weighted by Gasteiger charge is -2.15. The highest BCUT2D eigenvalue weighted by atomic mass is 16.5. The smallest absolute Gasteiger partial charge is 0.278 e. The maximum absolute atomic E-state index is 13.5. The Hall–Kier alpha value is -3.93. The van der Waals surface area contributed by atoms with Gasteiger partial charge in [-0.05, 0) is 80.3 Å². The molecule has 1 aliphatic rings. The van der Waals surface area contributed by atoms with Gasteiger partial charge in [-0.1, -0.05) is 24.3 Å². The van der Waals surface area contributed by atoms with Crippen LogP contribution in [-0.4, -0.2) is 27.8 Å². The number of benzene rings is 2. The number of aromatic nitrogens is 1. The van der Waals surface area contributed by atoms with E-state index < -0.39 is 0 Å². The van der Waals surface area contributed by atoms with Crippen molar-refractivity contribution in [2.75, 3.05) is 5.32 Å². The van der Waals surface area contributed by atoms with E-state index in [1.807, 2.05) is 76.2 Å². The number of amides is 2. The van der Waals surface area contributed by atoms with Crippen LogP contribution in [0.4, 0.5) is 5.69 Å². The summed E-state index contributed by atoms with van der Waals surface area (Å²) in [6.45, 7) is 8.11. The van der Waals surface area contributed by atoms with Crippen LogP contribution in [0.5, 0.6) is 5.75 Å². The molecule has 0 aliphatic carbocycles. The number of hydrogen-bond acceptors (Lipinski definition) is 5. The molecule has 0 unspecified atom stereocenters. The Kier molecular flexibility index (Phi) is 6.27. The van der Waals surface area contributed by atoms with Crippen LogP contribution in [0.15, 0.2) is 72.7 Å². The third-order valence-corrected chi connectivity index (χ3v) is 5.52. The first-order valence-corrected chi connectivity index (χ1v) is 10.9. The van der Waals surface area contributed by atoms with Crippen LogP contribution in [-0.2, 0) is 16.1 Å². The number of aryl methyl sites for hydroxylation is 2. The second kappa shape index (κ2) is 9.28. The Morgan fingerprint density at radius 1 is 0.970 bits per heavy atom. The van der Waals surface area contributed by atoms with Crippen molar-refractivity contribution in [3.05, 3.63) is 94.9 Å². The number of ether oxygens (including phenoxy) is 1. The molecule has 4 rings (SSSR count). The number of pyridine rings is 1. The molecule has 0 saturated heterocycles. The summed E-state index contributed by atoms with van der Waals surface area (Å²) in [6.07, 6.45) is 3.36. The summed E-state index contributed by atoms with van der Waals surface area (Å²) in [6, 6.07) is 16.8. The van der Waals surface area contributed by atoms with Crippen LogP contribution in [0, 0.1) is 13.8 Å². The van der Waals surface area contributed by atoms with Crippen LogP contribution in [0.25, 0.3) is 5.57 Å². The molecule has 6 heteroatoms. The topological polar surface area (TPSA) is 71.5 Å². The summed E-state index contributed by atoms with van der Waals surface area (Å²) in [4.78, 5) is 32.2.